The number of cyclic esters (lactones) is 1. The van der Waals surface area contributed by atoms with Crippen LogP contribution in [0.3, 0.4) is 0 Å². The molecule has 184 valence electrons. The molecule has 4 rings (SSSR count). The van der Waals surface area contributed by atoms with Crippen molar-refractivity contribution in [3.63, 3.8) is 0 Å². The van der Waals surface area contributed by atoms with Gasteiger partial charge in [-0.3, -0.25) is 0 Å². The molecule has 0 radical (unpaired) electrons. The molecule has 3 aromatic rings. The molecular formula is C25H25ClN2O7. The summed E-state index contributed by atoms with van der Waals surface area (Å²) >= 11 is 6.51. The molecule has 0 spiro atoms. The first-order valence-electron chi connectivity index (χ1n) is 10.9. The van der Waals surface area contributed by atoms with Crippen LogP contribution in [0.1, 0.15) is 33.5 Å². The SMILES string of the molecule is COC(=O)c1cc(/C(=C/CCN2CCOC2=O)c2cc(C)c3onc(OC)c3c2)cc(Cl)c1OC. The second kappa shape index (κ2) is 10.3. The monoisotopic (exact) mass is 500 g/mol. The van der Waals surface area contributed by atoms with E-state index in [4.69, 9.17) is 35.1 Å². The number of carbonyl (C=O) groups is 2. The maximum absolute atomic E-state index is 12.5. The van der Waals surface area contributed by atoms with E-state index in [2.05, 4.69) is 5.16 Å². The van der Waals surface area contributed by atoms with Crippen LogP contribution >= 0.6 is 11.6 Å². The predicted octanol–water partition coefficient (Wildman–Crippen LogP) is 4.87. The van der Waals surface area contributed by atoms with Gasteiger partial charge in [-0.1, -0.05) is 17.7 Å². The maximum atomic E-state index is 12.5. The number of hydrogen-bond donors (Lipinski definition) is 0. The Morgan fingerprint density at radius 1 is 1.17 bits per heavy atom. The van der Waals surface area contributed by atoms with Gasteiger partial charge in [0.25, 0.3) is 5.88 Å². The van der Waals surface area contributed by atoms with Crippen molar-refractivity contribution in [3.8, 4) is 11.6 Å². The number of esters is 1. The number of carbonyl (C=O) groups excluding carboxylic acids is 2. The third-order valence-corrected chi connectivity index (χ3v) is 6.07. The Kier molecular flexibility index (Phi) is 7.16. The fourth-order valence-electron chi connectivity index (χ4n) is 4.11. The summed E-state index contributed by atoms with van der Waals surface area (Å²) in [5.41, 5.74) is 3.97. The van der Waals surface area contributed by atoms with Gasteiger partial charge in [-0.25, -0.2) is 9.59 Å². The van der Waals surface area contributed by atoms with Gasteiger partial charge in [0.15, 0.2) is 11.3 Å². The van der Waals surface area contributed by atoms with Crippen molar-refractivity contribution in [3.05, 3.63) is 57.6 Å². The van der Waals surface area contributed by atoms with Crippen LogP contribution in [-0.2, 0) is 9.47 Å². The zero-order valence-corrected chi connectivity index (χ0v) is 20.6. The standard InChI is InChI=1S/C25H25ClN2O7/c1-14-10-15(11-18-21(14)35-27-23(18)32-3)17(6-5-7-28-8-9-34-25(28)30)16-12-19(24(29)33-4)22(31-2)20(26)13-16/h6,10-13H,5,7-9H2,1-4H3/b17-6+. The highest BCUT2D eigenvalue weighted by molar-refractivity contribution is 6.33. The van der Waals surface area contributed by atoms with Gasteiger partial charge in [0.1, 0.15) is 12.2 Å². The summed E-state index contributed by atoms with van der Waals surface area (Å²) in [4.78, 5) is 26.0. The molecule has 0 N–H and O–H groups in total. The van der Waals surface area contributed by atoms with Crippen LogP contribution in [0.4, 0.5) is 4.79 Å². The minimum atomic E-state index is -0.572. The Hall–Kier alpha value is -3.72. The molecule has 1 saturated heterocycles. The van der Waals surface area contributed by atoms with Gasteiger partial charge in [0.05, 0.1) is 38.3 Å². The molecular weight excluding hydrogens is 476 g/mol. The van der Waals surface area contributed by atoms with Crippen molar-refractivity contribution in [1.29, 1.82) is 0 Å². The van der Waals surface area contributed by atoms with Crippen molar-refractivity contribution >= 4 is 40.2 Å². The number of nitrogens with zero attached hydrogens (tertiary/aromatic N) is 2. The lowest BCUT2D eigenvalue weighted by molar-refractivity contribution is 0.0597. The predicted molar refractivity (Wildman–Crippen MR) is 129 cm³/mol. The van der Waals surface area contributed by atoms with E-state index >= 15 is 0 Å². The molecule has 1 aliphatic heterocycles. The Bertz CT molecular complexity index is 1310. The Morgan fingerprint density at radius 2 is 1.94 bits per heavy atom. The molecule has 10 heteroatoms. The van der Waals surface area contributed by atoms with Gasteiger partial charge in [0, 0.05) is 6.54 Å². The van der Waals surface area contributed by atoms with Crippen molar-refractivity contribution in [1.82, 2.24) is 10.1 Å². The lowest BCUT2D eigenvalue weighted by Gasteiger charge is -2.16. The van der Waals surface area contributed by atoms with Crippen molar-refractivity contribution in [2.24, 2.45) is 0 Å². The number of methoxy groups -OCH3 is 3. The van der Waals surface area contributed by atoms with Crippen molar-refractivity contribution < 1.29 is 33.1 Å². The van der Waals surface area contributed by atoms with E-state index in [1.807, 2.05) is 25.1 Å². The van der Waals surface area contributed by atoms with E-state index in [1.165, 1.54) is 21.3 Å². The van der Waals surface area contributed by atoms with Gasteiger partial charge in [0.2, 0.25) is 0 Å². The molecule has 35 heavy (non-hydrogen) atoms. The lowest BCUT2D eigenvalue weighted by atomic mass is 9.93. The third-order valence-electron chi connectivity index (χ3n) is 5.79. The number of fused-ring (bicyclic) bond motifs is 1. The fraction of sp³-hybridized carbons (Fsp3) is 0.320. The molecule has 2 aromatic carbocycles. The van der Waals surface area contributed by atoms with Crippen LogP contribution < -0.4 is 9.47 Å². The maximum Gasteiger partial charge on any atom is 0.409 e. The quantitative estimate of drug-likeness (QED) is 0.404. The van der Waals surface area contributed by atoms with Gasteiger partial charge < -0.3 is 28.4 Å². The number of aromatic nitrogens is 1. The van der Waals surface area contributed by atoms with Crippen LogP contribution in [0.5, 0.6) is 11.6 Å². The molecule has 1 amide bonds. The molecule has 0 aliphatic carbocycles. The summed E-state index contributed by atoms with van der Waals surface area (Å²) in [7, 11) is 4.26. The van der Waals surface area contributed by atoms with Crippen LogP contribution in [0.15, 0.2) is 34.9 Å². The van der Waals surface area contributed by atoms with Crippen LogP contribution in [-0.4, -0.2) is 63.1 Å². The molecule has 1 aromatic heterocycles. The second-order valence-electron chi connectivity index (χ2n) is 7.90. The summed E-state index contributed by atoms with van der Waals surface area (Å²) in [5.74, 6) is 0.0259. The zero-order chi connectivity index (χ0) is 25.1. The molecule has 0 atom stereocenters. The summed E-state index contributed by atoms with van der Waals surface area (Å²) in [6, 6.07) is 7.27. The van der Waals surface area contributed by atoms with Crippen LogP contribution in [0.2, 0.25) is 5.02 Å². The zero-order valence-electron chi connectivity index (χ0n) is 19.8. The Morgan fingerprint density at radius 3 is 2.60 bits per heavy atom. The minimum absolute atomic E-state index is 0.201. The molecule has 0 saturated carbocycles. The number of halogens is 1. The van der Waals surface area contributed by atoms with Gasteiger partial charge in [-0.2, -0.15) is 0 Å². The van der Waals surface area contributed by atoms with Crippen LogP contribution in [0, 0.1) is 6.92 Å². The second-order valence-corrected chi connectivity index (χ2v) is 8.31. The minimum Gasteiger partial charge on any atom is -0.494 e. The topological polar surface area (TPSA) is 100 Å². The molecule has 0 bridgehead atoms. The third kappa shape index (κ3) is 4.77. The highest BCUT2D eigenvalue weighted by Crippen LogP contribution is 2.38. The fourth-order valence-corrected chi connectivity index (χ4v) is 4.40. The molecule has 1 fully saturated rings. The largest absolute Gasteiger partial charge is 0.494 e. The van der Waals surface area contributed by atoms with Crippen molar-refractivity contribution in [2.45, 2.75) is 13.3 Å². The van der Waals surface area contributed by atoms with Crippen molar-refractivity contribution in [2.75, 3.05) is 41.0 Å². The number of aryl methyl sites for hydroxylation is 1. The Balaban J connectivity index is 1.85. The molecule has 1 aliphatic rings. The van der Waals surface area contributed by atoms with E-state index in [1.54, 1.807) is 17.0 Å². The summed E-state index contributed by atoms with van der Waals surface area (Å²) in [6.07, 6.45) is 2.21. The number of rotatable bonds is 8. The number of ether oxygens (including phenoxy) is 4. The number of hydrogen-bond acceptors (Lipinski definition) is 8. The van der Waals surface area contributed by atoms with E-state index in [0.717, 1.165) is 16.7 Å². The summed E-state index contributed by atoms with van der Waals surface area (Å²) in [6.45, 7) is 3.32. The normalized spacial score (nSPS) is 13.8. The van der Waals surface area contributed by atoms with Gasteiger partial charge in [-0.05, 0) is 65.0 Å². The first-order chi connectivity index (χ1) is 16.9. The molecule has 0 unspecified atom stereocenters. The number of amides is 1. The first kappa shape index (κ1) is 24.4. The number of benzene rings is 2. The van der Waals surface area contributed by atoms with Gasteiger partial charge >= 0.3 is 12.1 Å². The highest BCUT2D eigenvalue weighted by Gasteiger charge is 2.23. The van der Waals surface area contributed by atoms with E-state index in [-0.39, 0.29) is 22.4 Å². The van der Waals surface area contributed by atoms with E-state index < -0.39 is 5.97 Å². The van der Waals surface area contributed by atoms with Gasteiger partial charge in [-0.15, -0.1) is 0 Å². The smallest absolute Gasteiger partial charge is 0.409 e. The van der Waals surface area contributed by atoms with E-state index in [0.29, 0.717) is 48.5 Å². The summed E-state index contributed by atoms with van der Waals surface area (Å²) < 4.78 is 26.1. The summed E-state index contributed by atoms with van der Waals surface area (Å²) in [5, 5.41) is 4.96. The molecule has 2 heterocycles. The van der Waals surface area contributed by atoms with E-state index in [9.17, 15) is 9.59 Å². The highest BCUT2D eigenvalue weighted by atomic mass is 35.5. The average molecular weight is 501 g/mol. The average Bonchev–Trinajstić information content (AvgIpc) is 3.46. The van der Waals surface area contributed by atoms with Crippen LogP contribution in [0.25, 0.3) is 16.5 Å². The Labute approximate surface area is 207 Å². The molecule has 9 nitrogen and oxygen atoms in total. The lowest BCUT2D eigenvalue weighted by Crippen LogP contribution is -2.24. The first-order valence-corrected chi connectivity index (χ1v) is 11.3.